The third kappa shape index (κ3) is 2.47. The van der Waals surface area contributed by atoms with E-state index in [9.17, 15) is 9.18 Å². The van der Waals surface area contributed by atoms with Gasteiger partial charge in [-0.1, -0.05) is 11.8 Å². The van der Waals surface area contributed by atoms with Crippen molar-refractivity contribution >= 4 is 11.8 Å². The van der Waals surface area contributed by atoms with Gasteiger partial charge in [0.15, 0.2) is 5.16 Å². The summed E-state index contributed by atoms with van der Waals surface area (Å²) in [7, 11) is 0. The number of aryl methyl sites for hydroxylation is 2. The van der Waals surface area contributed by atoms with E-state index < -0.39 is 0 Å². The third-order valence-corrected chi connectivity index (χ3v) is 4.39. The molecule has 0 saturated carbocycles. The molecule has 0 spiro atoms. The standard InChI is InChI=1S/C14H14FN3OS/c1-8-5-16-6-11(15)10(8)7-20-14-17-12-4-2-3-9(12)13(19)18-14/h5-6H,2-4,7H2,1H3,(H,17,18,19). The van der Waals surface area contributed by atoms with Crippen LogP contribution in [-0.4, -0.2) is 15.0 Å². The number of pyridine rings is 1. The van der Waals surface area contributed by atoms with Crippen molar-refractivity contribution in [2.45, 2.75) is 37.1 Å². The Labute approximate surface area is 119 Å². The molecular formula is C14H14FN3OS. The van der Waals surface area contributed by atoms with E-state index in [1.165, 1.54) is 18.0 Å². The van der Waals surface area contributed by atoms with Crippen LogP contribution < -0.4 is 5.56 Å². The molecule has 104 valence electrons. The average Bonchev–Trinajstić information content (AvgIpc) is 2.87. The summed E-state index contributed by atoms with van der Waals surface area (Å²) in [5.74, 6) is 0.114. The van der Waals surface area contributed by atoms with Crippen LogP contribution in [0.3, 0.4) is 0 Å². The summed E-state index contributed by atoms with van der Waals surface area (Å²) in [6, 6.07) is 0. The van der Waals surface area contributed by atoms with Crippen LogP contribution in [0, 0.1) is 12.7 Å². The first-order chi connectivity index (χ1) is 9.65. The van der Waals surface area contributed by atoms with E-state index in [2.05, 4.69) is 15.0 Å². The zero-order valence-electron chi connectivity index (χ0n) is 11.1. The minimum Gasteiger partial charge on any atom is -0.301 e. The maximum Gasteiger partial charge on any atom is 0.254 e. The highest BCUT2D eigenvalue weighted by Crippen LogP contribution is 2.24. The van der Waals surface area contributed by atoms with Gasteiger partial charge in [0, 0.05) is 23.1 Å². The van der Waals surface area contributed by atoms with Gasteiger partial charge in [-0.2, -0.15) is 0 Å². The van der Waals surface area contributed by atoms with Crippen LogP contribution in [-0.2, 0) is 18.6 Å². The van der Waals surface area contributed by atoms with Gasteiger partial charge in [0.05, 0.1) is 11.9 Å². The lowest BCUT2D eigenvalue weighted by Crippen LogP contribution is -2.15. The highest BCUT2D eigenvalue weighted by Gasteiger charge is 2.17. The summed E-state index contributed by atoms with van der Waals surface area (Å²) in [5.41, 5.74) is 3.06. The predicted molar refractivity (Wildman–Crippen MR) is 75.4 cm³/mol. The summed E-state index contributed by atoms with van der Waals surface area (Å²) < 4.78 is 13.7. The maximum absolute atomic E-state index is 13.7. The SMILES string of the molecule is Cc1cncc(F)c1CSc1nc2c(c(=O)[nH]1)CCC2. The summed E-state index contributed by atoms with van der Waals surface area (Å²) >= 11 is 1.35. The van der Waals surface area contributed by atoms with Gasteiger partial charge in [0.2, 0.25) is 0 Å². The first kappa shape index (κ1) is 13.3. The number of hydrogen-bond donors (Lipinski definition) is 1. The predicted octanol–water partition coefficient (Wildman–Crippen LogP) is 2.39. The molecule has 0 saturated heterocycles. The number of H-pyrrole nitrogens is 1. The van der Waals surface area contributed by atoms with Crippen molar-refractivity contribution in [3.63, 3.8) is 0 Å². The number of hydrogen-bond acceptors (Lipinski definition) is 4. The lowest BCUT2D eigenvalue weighted by Gasteiger charge is -2.07. The molecule has 0 amide bonds. The Balaban J connectivity index is 1.83. The molecule has 0 atom stereocenters. The highest BCUT2D eigenvalue weighted by molar-refractivity contribution is 7.98. The molecule has 4 nitrogen and oxygen atoms in total. The quantitative estimate of drug-likeness (QED) is 0.697. The first-order valence-electron chi connectivity index (χ1n) is 6.49. The number of nitrogens with zero attached hydrogens (tertiary/aromatic N) is 2. The van der Waals surface area contributed by atoms with Crippen molar-refractivity contribution in [3.8, 4) is 0 Å². The molecule has 2 aromatic rings. The average molecular weight is 291 g/mol. The molecule has 20 heavy (non-hydrogen) atoms. The van der Waals surface area contributed by atoms with Gasteiger partial charge in [-0.15, -0.1) is 0 Å². The Morgan fingerprint density at radius 1 is 1.40 bits per heavy atom. The molecule has 0 fully saturated rings. The summed E-state index contributed by atoms with van der Waals surface area (Å²) in [6.45, 7) is 1.82. The van der Waals surface area contributed by atoms with E-state index in [1.807, 2.05) is 6.92 Å². The number of fused-ring (bicyclic) bond motifs is 1. The molecule has 1 N–H and O–H groups in total. The molecule has 0 radical (unpaired) electrons. The maximum atomic E-state index is 13.7. The summed E-state index contributed by atoms with van der Waals surface area (Å²) in [5, 5.41) is 0.561. The minimum atomic E-state index is -0.319. The molecule has 0 aromatic carbocycles. The van der Waals surface area contributed by atoms with Crippen LogP contribution in [0.25, 0.3) is 0 Å². The van der Waals surface area contributed by atoms with Gasteiger partial charge in [0.25, 0.3) is 5.56 Å². The fourth-order valence-corrected chi connectivity index (χ4v) is 3.36. The normalized spacial score (nSPS) is 13.5. The number of rotatable bonds is 3. The first-order valence-corrected chi connectivity index (χ1v) is 7.47. The molecule has 0 aliphatic heterocycles. The minimum absolute atomic E-state index is 0.0538. The topological polar surface area (TPSA) is 58.6 Å². The highest BCUT2D eigenvalue weighted by atomic mass is 32.2. The Bertz CT molecular complexity index is 694. The van der Waals surface area contributed by atoms with Crippen LogP contribution in [0.15, 0.2) is 22.3 Å². The largest absolute Gasteiger partial charge is 0.301 e. The monoisotopic (exact) mass is 291 g/mol. The van der Waals surface area contributed by atoms with Crippen LogP contribution in [0.1, 0.15) is 28.8 Å². The Hall–Kier alpha value is -1.69. The van der Waals surface area contributed by atoms with E-state index in [4.69, 9.17) is 0 Å². The zero-order chi connectivity index (χ0) is 14.1. The third-order valence-electron chi connectivity index (χ3n) is 3.49. The summed E-state index contributed by atoms with van der Waals surface area (Å²) in [6.07, 6.45) is 5.49. The van der Waals surface area contributed by atoms with Crippen molar-refractivity contribution < 1.29 is 4.39 Å². The van der Waals surface area contributed by atoms with Gasteiger partial charge in [-0.25, -0.2) is 9.37 Å². The van der Waals surface area contributed by atoms with E-state index in [1.54, 1.807) is 6.20 Å². The van der Waals surface area contributed by atoms with E-state index in [0.717, 1.165) is 36.1 Å². The number of aromatic amines is 1. The molecule has 0 unspecified atom stereocenters. The van der Waals surface area contributed by atoms with Gasteiger partial charge in [0.1, 0.15) is 5.82 Å². The fourth-order valence-electron chi connectivity index (χ4n) is 2.37. The number of thioether (sulfide) groups is 1. The number of aromatic nitrogens is 3. The number of halogens is 1. The Morgan fingerprint density at radius 2 is 2.25 bits per heavy atom. The van der Waals surface area contributed by atoms with Gasteiger partial charge < -0.3 is 4.98 Å². The Morgan fingerprint density at radius 3 is 3.05 bits per heavy atom. The van der Waals surface area contributed by atoms with Crippen LogP contribution in [0.4, 0.5) is 4.39 Å². The second kappa shape index (κ2) is 5.36. The van der Waals surface area contributed by atoms with Crippen molar-refractivity contribution in [2.24, 2.45) is 0 Å². The lowest BCUT2D eigenvalue weighted by molar-refractivity contribution is 0.608. The van der Waals surface area contributed by atoms with Gasteiger partial charge in [-0.05, 0) is 31.7 Å². The smallest absolute Gasteiger partial charge is 0.254 e. The van der Waals surface area contributed by atoms with Crippen molar-refractivity contribution in [1.82, 2.24) is 15.0 Å². The number of nitrogens with one attached hydrogen (secondary N) is 1. The lowest BCUT2D eigenvalue weighted by atomic mass is 10.2. The molecule has 3 rings (SSSR count). The zero-order valence-corrected chi connectivity index (χ0v) is 11.9. The molecular weight excluding hydrogens is 277 g/mol. The fraction of sp³-hybridized carbons (Fsp3) is 0.357. The van der Waals surface area contributed by atoms with Crippen molar-refractivity contribution in [3.05, 3.63) is 50.9 Å². The molecule has 6 heteroatoms. The van der Waals surface area contributed by atoms with Crippen LogP contribution in [0.2, 0.25) is 0 Å². The van der Waals surface area contributed by atoms with E-state index in [-0.39, 0.29) is 11.4 Å². The Kier molecular flexibility index (Phi) is 3.56. The second-order valence-corrected chi connectivity index (χ2v) is 5.82. The molecule has 2 heterocycles. The van der Waals surface area contributed by atoms with Crippen LogP contribution in [0.5, 0.6) is 0 Å². The van der Waals surface area contributed by atoms with E-state index in [0.29, 0.717) is 16.5 Å². The molecule has 1 aliphatic rings. The second-order valence-electron chi connectivity index (χ2n) is 4.86. The van der Waals surface area contributed by atoms with Crippen molar-refractivity contribution in [2.75, 3.05) is 0 Å². The van der Waals surface area contributed by atoms with Crippen LogP contribution >= 0.6 is 11.8 Å². The van der Waals surface area contributed by atoms with Crippen molar-refractivity contribution in [1.29, 1.82) is 0 Å². The van der Waals surface area contributed by atoms with Gasteiger partial charge in [-0.3, -0.25) is 9.78 Å². The molecule has 2 aromatic heterocycles. The molecule has 1 aliphatic carbocycles. The van der Waals surface area contributed by atoms with Gasteiger partial charge >= 0.3 is 0 Å². The van der Waals surface area contributed by atoms with E-state index >= 15 is 0 Å². The molecule has 0 bridgehead atoms. The summed E-state index contributed by atoms with van der Waals surface area (Å²) in [4.78, 5) is 22.9.